The quantitative estimate of drug-likeness (QED) is 0.876. The monoisotopic (exact) mass is 357 g/mol. The van der Waals surface area contributed by atoms with Gasteiger partial charge in [-0.2, -0.15) is 0 Å². The van der Waals surface area contributed by atoms with E-state index in [2.05, 4.69) is 11.4 Å². The van der Waals surface area contributed by atoms with E-state index in [4.69, 9.17) is 16.3 Å². The molecule has 0 aromatic heterocycles. The van der Waals surface area contributed by atoms with Crippen LogP contribution < -0.4 is 5.32 Å². The molecule has 1 fully saturated rings. The molecule has 3 rings (SSSR count). The average Bonchev–Trinajstić information content (AvgIpc) is 2.63. The zero-order chi connectivity index (χ0) is 17.7. The first-order valence-electron chi connectivity index (χ1n) is 8.74. The fourth-order valence-electron chi connectivity index (χ4n) is 3.46. The molecule has 1 amide bonds. The van der Waals surface area contributed by atoms with E-state index in [1.165, 1.54) is 5.56 Å². The van der Waals surface area contributed by atoms with Crippen LogP contribution in [0.2, 0.25) is 5.02 Å². The Kier molecular flexibility index (Phi) is 5.77. The standard InChI is InChI=1S/C21H24ClNO2/c1-16-5-2-3-6-17(16)13-20(24)23-15-21(9-11-25-12-10-21)18-7-4-8-19(22)14-18/h2-8,14H,9-13,15H2,1H3,(H,23,24). The molecule has 1 saturated heterocycles. The van der Waals surface area contributed by atoms with Gasteiger partial charge in [0, 0.05) is 30.2 Å². The zero-order valence-corrected chi connectivity index (χ0v) is 15.3. The van der Waals surface area contributed by atoms with Gasteiger partial charge in [-0.15, -0.1) is 0 Å². The molecule has 0 saturated carbocycles. The lowest BCUT2D eigenvalue weighted by Crippen LogP contribution is -2.45. The summed E-state index contributed by atoms with van der Waals surface area (Å²) < 4.78 is 5.55. The Labute approximate surface area is 154 Å². The van der Waals surface area contributed by atoms with Gasteiger partial charge in [0.15, 0.2) is 0 Å². The maximum Gasteiger partial charge on any atom is 0.224 e. The Hall–Kier alpha value is -1.84. The molecule has 0 radical (unpaired) electrons. The second-order valence-corrected chi connectivity index (χ2v) is 7.22. The molecule has 4 heteroatoms. The number of ether oxygens (including phenoxy) is 1. The van der Waals surface area contributed by atoms with Gasteiger partial charge in [0.1, 0.15) is 0 Å². The number of carbonyl (C=O) groups is 1. The van der Waals surface area contributed by atoms with E-state index in [1.54, 1.807) is 0 Å². The molecule has 0 spiro atoms. The minimum Gasteiger partial charge on any atom is -0.381 e. The summed E-state index contributed by atoms with van der Waals surface area (Å²) >= 11 is 6.19. The van der Waals surface area contributed by atoms with Crippen LogP contribution in [0.5, 0.6) is 0 Å². The summed E-state index contributed by atoms with van der Waals surface area (Å²) in [6.07, 6.45) is 2.19. The van der Waals surface area contributed by atoms with E-state index in [1.807, 2.05) is 49.4 Å². The van der Waals surface area contributed by atoms with E-state index in [9.17, 15) is 4.79 Å². The van der Waals surface area contributed by atoms with Crippen LogP contribution in [0.1, 0.15) is 29.5 Å². The number of aryl methyl sites for hydroxylation is 1. The Balaban J connectivity index is 1.71. The lowest BCUT2D eigenvalue weighted by Gasteiger charge is -2.38. The second kappa shape index (κ2) is 8.03. The van der Waals surface area contributed by atoms with Gasteiger partial charge in [-0.1, -0.05) is 48.0 Å². The van der Waals surface area contributed by atoms with Gasteiger partial charge in [-0.25, -0.2) is 0 Å². The maximum absolute atomic E-state index is 12.5. The van der Waals surface area contributed by atoms with E-state index in [0.29, 0.717) is 26.2 Å². The number of halogens is 1. The first-order chi connectivity index (χ1) is 12.1. The van der Waals surface area contributed by atoms with Crippen molar-refractivity contribution in [1.82, 2.24) is 5.32 Å². The molecule has 1 heterocycles. The third kappa shape index (κ3) is 4.42. The van der Waals surface area contributed by atoms with Gasteiger partial charge in [-0.3, -0.25) is 4.79 Å². The molecule has 0 unspecified atom stereocenters. The lowest BCUT2D eigenvalue weighted by molar-refractivity contribution is -0.121. The molecule has 0 atom stereocenters. The van der Waals surface area contributed by atoms with Gasteiger partial charge in [0.25, 0.3) is 0 Å². The topological polar surface area (TPSA) is 38.3 Å². The van der Waals surface area contributed by atoms with Crippen LogP contribution in [-0.4, -0.2) is 25.7 Å². The molecular weight excluding hydrogens is 334 g/mol. The molecule has 132 valence electrons. The van der Waals surface area contributed by atoms with Crippen LogP contribution in [0.3, 0.4) is 0 Å². The molecule has 0 aliphatic carbocycles. The third-order valence-corrected chi connectivity index (χ3v) is 5.36. The van der Waals surface area contributed by atoms with Crippen molar-refractivity contribution in [2.45, 2.75) is 31.6 Å². The molecule has 1 N–H and O–H groups in total. The summed E-state index contributed by atoms with van der Waals surface area (Å²) in [4.78, 5) is 12.5. The molecule has 25 heavy (non-hydrogen) atoms. The van der Waals surface area contributed by atoms with Crippen molar-refractivity contribution in [2.75, 3.05) is 19.8 Å². The predicted octanol–water partition coefficient (Wildman–Crippen LogP) is 4.06. The summed E-state index contributed by atoms with van der Waals surface area (Å²) in [5, 5.41) is 3.88. The van der Waals surface area contributed by atoms with Crippen molar-refractivity contribution < 1.29 is 9.53 Å². The maximum atomic E-state index is 12.5. The molecular formula is C21H24ClNO2. The number of hydrogen-bond donors (Lipinski definition) is 1. The number of benzene rings is 2. The van der Waals surface area contributed by atoms with Crippen molar-refractivity contribution in [3.63, 3.8) is 0 Å². The average molecular weight is 358 g/mol. The van der Waals surface area contributed by atoms with Crippen molar-refractivity contribution in [1.29, 1.82) is 0 Å². The number of rotatable bonds is 5. The Morgan fingerprint density at radius 2 is 1.92 bits per heavy atom. The van der Waals surface area contributed by atoms with Crippen LogP contribution in [0, 0.1) is 6.92 Å². The molecule has 2 aromatic carbocycles. The summed E-state index contributed by atoms with van der Waals surface area (Å²) in [5.41, 5.74) is 3.29. The molecule has 1 aliphatic heterocycles. The predicted molar refractivity (Wildman–Crippen MR) is 101 cm³/mol. The highest BCUT2D eigenvalue weighted by atomic mass is 35.5. The fourth-order valence-corrected chi connectivity index (χ4v) is 3.65. The van der Waals surface area contributed by atoms with Gasteiger partial charge in [-0.05, 0) is 48.6 Å². The SMILES string of the molecule is Cc1ccccc1CC(=O)NCC1(c2cccc(Cl)c2)CCOCC1. The van der Waals surface area contributed by atoms with Crippen LogP contribution >= 0.6 is 11.6 Å². The van der Waals surface area contributed by atoms with E-state index >= 15 is 0 Å². The largest absolute Gasteiger partial charge is 0.381 e. The summed E-state index contributed by atoms with van der Waals surface area (Å²) in [7, 11) is 0. The Morgan fingerprint density at radius 1 is 1.16 bits per heavy atom. The first-order valence-corrected chi connectivity index (χ1v) is 9.12. The van der Waals surface area contributed by atoms with Crippen molar-refractivity contribution in [3.8, 4) is 0 Å². The van der Waals surface area contributed by atoms with Crippen LogP contribution in [0.25, 0.3) is 0 Å². The highest BCUT2D eigenvalue weighted by Crippen LogP contribution is 2.35. The van der Waals surface area contributed by atoms with Crippen LogP contribution in [-0.2, 0) is 21.4 Å². The summed E-state index contributed by atoms with van der Waals surface area (Å²) in [5.74, 6) is 0.0576. The minimum atomic E-state index is -0.107. The molecule has 1 aliphatic rings. The molecule has 3 nitrogen and oxygen atoms in total. The minimum absolute atomic E-state index is 0.0576. The van der Waals surface area contributed by atoms with Gasteiger partial charge in [0.2, 0.25) is 5.91 Å². The second-order valence-electron chi connectivity index (χ2n) is 6.78. The van der Waals surface area contributed by atoms with E-state index in [-0.39, 0.29) is 11.3 Å². The third-order valence-electron chi connectivity index (χ3n) is 5.12. The Morgan fingerprint density at radius 3 is 2.64 bits per heavy atom. The van der Waals surface area contributed by atoms with Gasteiger partial charge >= 0.3 is 0 Å². The normalized spacial score (nSPS) is 16.4. The van der Waals surface area contributed by atoms with Crippen molar-refractivity contribution in [3.05, 3.63) is 70.2 Å². The summed E-state index contributed by atoms with van der Waals surface area (Å²) in [6.45, 7) is 4.07. The Bertz CT molecular complexity index is 738. The lowest BCUT2D eigenvalue weighted by atomic mass is 9.74. The number of amides is 1. The van der Waals surface area contributed by atoms with Crippen molar-refractivity contribution >= 4 is 17.5 Å². The highest BCUT2D eigenvalue weighted by molar-refractivity contribution is 6.30. The van der Waals surface area contributed by atoms with E-state index < -0.39 is 0 Å². The van der Waals surface area contributed by atoms with Gasteiger partial charge < -0.3 is 10.1 Å². The number of nitrogens with one attached hydrogen (secondary N) is 1. The van der Waals surface area contributed by atoms with Crippen molar-refractivity contribution in [2.24, 2.45) is 0 Å². The fraction of sp³-hybridized carbons (Fsp3) is 0.381. The smallest absolute Gasteiger partial charge is 0.224 e. The van der Waals surface area contributed by atoms with E-state index in [0.717, 1.165) is 29.0 Å². The zero-order valence-electron chi connectivity index (χ0n) is 14.6. The number of hydrogen-bond acceptors (Lipinski definition) is 2. The van der Waals surface area contributed by atoms with Crippen LogP contribution in [0.15, 0.2) is 48.5 Å². The molecule has 0 bridgehead atoms. The highest BCUT2D eigenvalue weighted by Gasteiger charge is 2.35. The first kappa shape index (κ1) is 18.0. The van der Waals surface area contributed by atoms with Gasteiger partial charge in [0.05, 0.1) is 6.42 Å². The van der Waals surface area contributed by atoms with Crippen LogP contribution in [0.4, 0.5) is 0 Å². The molecule has 2 aromatic rings. The number of carbonyl (C=O) groups excluding carboxylic acids is 1. The summed E-state index contributed by atoms with van der Waals surface area (Å²) in [6, 6.07) is 16.0.